The van der Waals surface area contributed by atoms with Gasteiger partial charge in [0.05, 0.1) is 0 Å². The molecule has 0 radical (unpaired) electrons. The van der Waals surface area contributed by atoms with Gasteiger partial charge in [0.1, 0.15) is 5.82 Å². The van der Waals surface area contributed by atoms with Crippen molar-refractivity contribution < 1.29 is 4.39 Å². The van der Waals surface area contributed by atoms with E-state index in [1.165, 1.54) is 38.2 Å². The SMILES string of the molecule is CC1CCC(CCNCc2cc(F)cc(Br)c2)CC1. The molecule has 1 N–H and O–H groups in total. The van der Waals surface area contributed by atoms with E-state index >= 15 is 0 Å². The smallest absolute Gasteiger partial charge is 0.124 e. The van der Waals surface area contributed by atoms with Gasteiger partial charge in [0.25, 0.3) is 0 Å². The number of nitrogens with one attached hydrogen (secondary N) is 1. The van der Waals surface area contributed by atoms with E-state index in [2.05, 4.69) is 28.2 Å². The fourth-order valence-corrected chi connectivity index (χ4v) is 3.38. The monoisotopic (exact) mass is 327 g/mol. The van der Waals surface area contributed by atoms with Crippen LogP contribution in [0.4, 0.5) is 4.39 Å². The zero-order valence-corrected chi connectivity index (χ0v) is 13.2. The van der Waals surface area contributed by atoms with E-state index in [0.29, 0.717) is 0 Å². The number of halogens is 2. The lowest BCUT2D eigenvalue weighted by Gasteiger charge is -2.26. The molecule has 0 saturated heterocycles. The number of hydrogen-bond donors (Lipinski definition) is 1. The Morgan fingerprint density at radius 2 is 1.95 bits per heavy atom. The maximum Gasteiger partial charge on any atom is 0.124 e. The maximum absolute atomic E-state index is 13.2. The average Bonchev–Trinajstić information content (AvgIpc) is 2.36. The quantitative estimate of drug-likeness (QED) is 0.759. The zero-order valence-electron chi connectivity index (χ0n) is 11.6. The number of hydrogen-bond acceptors (Lipinski definition) is 1. The van der Waals surface area contributed by atoms with Crippen molar-refractivity contribution in [1.82, 2.24) is 5.32 Å². The van der Waals surface area contributed by atoms with Crippen LogP contribution in [0, 0.1) is 17.7 Å². The zero-order chi connectivity index (χ0) is 13.7. The molecule has 1 nitrogen and oxygen atoms in total. The minimum atomic E-state index is -0.174. The van der Waals surface area contributed by atoms with Crippen molar-refractivity contribution in [2.45, 2.75) is 45.6 Å². The van der Waals surface area contributed by atoms with E-state index in [1.807, 2.05) is 6.07 Å². The Labute approximate surface area is 124 Å². The first-order valence-electron chi connectivity index (χ1n) is 7.29. The summed E-state index contributed by atoms with van der Waals surface area (Å²) in [6.07, 6.45) is 6.80. The predicted molar refractivity (Wildman–Crippen MR) is 81.5 cm³/mol. The van der Waals surface area contributed by atoms with Crippen LogP contribution in [0.3, 0.4) is 0 Å². The summed E-state index contributed by atoms with van der Waals surface area (Å²) in [4.78, 5) is 0. The second-order valence-electron chi connectivity index (χ2n) is 5.87. The summed E-state index contributed by atoms with van der Waals surface area (Å²) >= 11 is 3.32. The van der Waals surface area contributed by atoms with E-state index in [1.54, 1.807) is 6.07 Å². The molecular formula is C16H23BrFN. The fourth-order valence-electron chi connectivity index (χ4n) is 2.87. The van der Waals surface area contributed by atoms with Gasteiger partial charge in [-0.3, -0.25) is 0 Å². The summed E-state index contributed by atoms with van der Waals surface area (Å²) in [5, 5.41) is 3.43. The summed E-state index contributed by atoms with van der Waals surface area (Å²) in [6.45, 7) is 4.14. The van der Waals surface area contributed by atoms with Crippen LogP contribution >= 0.6 is 15.9 Å². The van der Waals surface area contributed by atoms with Crippen molar-refractivity contribution in [3.63, 3.8) is 0 Å². The van der Waals surface area contributed by atoms with Crippen LogP contribution in [0.2, 0.25) is 0 Å². The first kappa shape index (κ1) is 15.0. The van der Waals surface area contributed by atoms with Crippen molar-refractivity contribution in [2.75, 3.05) is 6.54 Å². The highest BCUT2D eigenvalue weighted by Gasteiger charge is 2.17. The molecule has 19 heavy (non-hydrogen) atoms. The third-order valence-electron chi connectivity index (χ3n) is 4.12. The van der Waals surface area contributed by atoms with Gasteiger partial charge >= 0.3 is 0 Å². The Morgan fingerprint density at radius 1 is 1.21 bits per heavy atom. The average molecular weight is 328 g/mol. The van der Waals surface area contributed by atoms with E-state index in [4.69, 9.17) is 0 Å². The molecule has 0 heterocycles. The third kappa shape index (κ3) is 5.23. The number of benzene rings is 1. The molecule has 0 aromatic heterocycles. The van der Waals surface area contributed by atoms with Crippen molar-refractivity contribution in [3.8, 4) is 0 Å². The third-order valence-corrected chi connectivity index (χ3v) is 4.57. The molecule has 0 atom stereocenters. The lowest BCUT2D eigenvalue weighted by atomic mass is 9.81. The maximum atomic E-state index is 13.2. The summed E-state index contributed by atoms with van der Waals surface area (Å²) < 4.78 is 14.0. The highest BCUT2D eigenvalue weighted by molar-refractivity contribution is 9.10. The van der Waals surface area contributed by atoms with Gasteiger partial charge in [0.15, 0.2) is 0 Å². The molecule has 3 heteroatoms. The molecule has 0 spiro atoms. The molecule has 1 aliphatic rings. The molecule has 2 rings (SSSR count). The van der Waals surface area contributed by atoms with Gasteiger partial charge in [-0.15, -0.1) is 0 Å². The fraction of sp³-hybridized carbons (Fsp3) is 0.625. The lowest BCUT2D eigenvalue weighted by molar-refractivity contribution is 0.275. The van der Waals surface area contributed by atoms with Crippen LogP contribution in [0.15, 0.2) is 22.7 Å². The molecule has 0 unspecified atom stereocenters. The standard InChI is InChI=1S/C16H23BrFN/c1-12-2-4-13(5-3-12)6-7-19-11-14-8-15(17)10-16(18)9-14/h8-10,12-13,19H,2-7,11H2,1H3. The molecule has 1 saturated carbocycles. The van der Waals surface area contributed by atoms with Crippen LogP contribution in [0.25, 0.3) is 0 Å². The lowest BCUT2D eigenvalue weighted by Crippen LogP contribution is -2.20. The van der Waals surface area contributed by atoms with E-state index in [0.717, 1.165) is 35.0 Å². The Bertz CT molecular complexity index is 379. The Balaban J connectivity index is 1.66. The van der Waals surface area contributed by atoms with Crippen molar-refractivity contribution in [3.05, 3.63) is 34.1 Å². The highest BCUT2D eigenvalue weighted by Crippen LogP contribution is 2.29. The minimum absolute atomic E-state index is 0.174. The van der Waals surface area contributed by atoms with Crippen LogP contribution < -0.4 is 5.32 Å². The Hall–Kier alpha value is -0.410. The van der Waals surface area contributed by atoms with Gasteiger partial charge in [0.2, 0.25) is 0 Å². The summed E-state index contributed by atoms with van der Waals surface area (Å²) in [5.41, 5.74) is 1.00. The summed E-state index contributed by atoms with van der Waals surface area (Å²) in [5.74, 6) is 1.64. The van der Waals surface area contributed by atoms with Crippen LogP contribution in [-0.4, -0.2) is 6.54 Å². The van der Waals surface area contributed by atoms with E-state index in [-0.39, 0.29) is 5.82 Å². The topological polar surface area (TPSA) is 12.0 Å². The molecule has 1 fully saturated rings. The second-order valence-corrected chi connectivity index (χ2v) is 6.78. The first-order chi connectivity index (χ1) is 9.13. The van der Waals surface area contributed by atoms with Crippen molar-refractivity contribution in [1.29, 1.82) is 0 Å². The molecule has 1 aromatic carbocycles. The largest absolute Gasteiger partial charge is 0.313 e. The van der Waals surface area contributed by atoms with E-state index in [9.17, 15) is 4.39 Å². The van der Waals surface area contributed by atoms with Crippen molar-refractivity contribution >= 4 is 15.9 Å². The molecular weight excluding hydrogens is 305 g/mol. The Kier molecular flexibility index (Phi) is 5.83. The molecule has 0 amide bonds. The minimum Gasteiger partial charge on any atom is -0.313 e. The van der Waals surface area contributed by atoms with Crippen LogP contribution in [0.5, 0.6) is 0 Å². The van der Waals surface area contributed by atoms with Gasteiger partial charge < -0.3 is 5.32 Å². The molecule has 1 aromatic rings. The number of rotatable bonds is 5. The van der Waals surface area contributed by atoms with Crippen LogP contribution in [0.1, 0.15) is 44.6 Å². The second kappa shape index (κ2) is 7.39. The molecule has 0 aliphatic heterocycles. The Morgan fingerprint density at radius 3 is 2.63 bits per heavy atom. The van der Waals surface area contributed by atoms with Gasteiger partial charge in [-0.2, -0.15) is 0 Å². The molecule has 1 aliphatic carbocycles. The van der Waals surface area contributed by atoms with Crippen molar-refractivity contribution in [2.24, 2.45) is 11.8 Å². The summed E-state index contributed by atoms with van der Waals surface area (Å²) in [7, 11) is 0. The van der Waals surface area contributed by atoms with E-state index < -0.39 is 0 Å². The van der Waals surface area contributed by atoms with Gasteiger partial charge in [0, 0.05) is 11.0 Å². The van der Waals surface area contributed by atoms with Crippen LogP contribution in [-0.2, 0) is 6.54 Å². The molecule has 0 bridgehead atoms. The predicted octanol–water partition coefficient (Wildman–Crippen LogP) is 4.89. The summed E-state index contributed by atoms with van der Waals surface area (Å²) in [6, 6.07) is 5.06. The highest BCUT2D eigenvalue weighted by atomic mass is 79.9. The normalized spacial score (nSPS) is 23.5. The van der Waals surface area contributed by atoms with Gasteiger partial charge in [-0.25, -0.2) is 4.39 Å². The first-order valence-corrected chi connectivity index (χ1v) is 8.08. The van der Waals surface area contributed by atoms with Gasteiger partial charge in [-0.1, -0.05) is 48.5 Å². The van der Waals surface area contributed by atoms with Gasteiger partial charge in [-0.05, 0) is 48.6 Å². The molecule has 106 valence electrons.